The van der Waals surface area contributed by atoms with Crippen molar-refractivity contribution in [2.45, 2.75) is 31.4 Å². The van der Waals surface area contributed by atoms with Gasteiger partial charge in [0, 0.05) is 37.6 Å². The van der Waals surface area contributed by atoms with Crippen LogP contribution in [0.1, 0.15) is 28.9 Å². The first kappa shape index (κ1) is 16.4. The van der Waals surface area contributed by atoms with Crippen molar-refractivity contribution in [1.29, 1.82) is 0 Å². The molecule has 0 saturated heterocycles. The predicted octanol–water partition coefficient (Wildman–Crippen LogP) is 0.892. The van der Waals surface area contributed by atoms with E-state index in [0.717, 1.165) is 5.69 Å². The molecule has 3 rings (SSSR count). The number of aliphatic hydroxyl groups is 1. The van der Waals surface area contributed by atoms with Gasteiger partial charge in [0.25, 0.3) is 11.5 Å². The second-order valence-corrected chi connectivity index (χ2v) is 6.33. The summed E-state index contributed by atoms with van der Waals surface area (Å²) in [6, 6.07) is 8.72. The molecule has 6 heteroatoms. The number of nitrogens with one attached hydrogen (secondary N) is 1. The van der Waals surface area contributed by atoms with E-state index >= 15 is 0 Å². The number of carbonyl (C=O) groups is 1. The van der Waals surface area contributed by atoms with Crippen molar-refractivity contribution < 1.29 is 9.90 Å². The van der Waals surface area contributed by atoms with E-state index in [4.69, 9.17) is 0 Å². The van der Waals surface area contributed by atoms with Crippen molar-refractivity contribution in [2.75, 3.05) is 0 Å². The summed E-state index contributed by atoms with van der Waals surface area (Å²) in [4.78, 5) is 29.0. The van der Waals surface area contributed by atoms with E-state index in [1.807, 2.05) is 18.2 Å². The predicted molar refractivity (Wildman–Crippen MR) is 89.6 cm³/mol. The number of nitrogens with zero attached hydrogens (tertiary/aromatic N) is 2. The van der Waals surface area contributed by atoms with Crippen molar-refractivity contribution in [3.8, 4) is 0 Å². The van der Waals surface area contributed by atoms with E-state index in [0.29, 0.717) is 19.3 Å². The lowest BCUT2D eigenvalue weighted by Gasteiger charge is -2.38. The Morgan fingerprint density at radius 2 is 2.17 bits per heavy atom. The van der Waals surface area contributed by atoms with Gasteiger partial charge in [-0.05, 0) is 43.0 Å². The molecule has 0 bridgehead atoms. The number of hydrogen-bond donors (Lipinski definition) is 2. The van der Waals surface area contributed by atoms with Gasteiger partial charge in [-0.1, -0.05) is 6.07 Å². The molecule has 1 saturated carbocycles. The molecule has 0 radical (unpaired) electrons. The van der Waals surface area contributed by atoms with Crippen LogP contribution < -0.4 is 10.9 Å². The molecule has 2 heterocycles. The molecule has 24 heavy (non-hydrogen) atoms. The van der Waals surface area contributed by atoms with Crippen molar-refractivity contribution >= 4 is 5.91 Å². The molecular formula is C18H21N3O3. The maximum Gasteiger partial charge on any atom is 0.263 e. The minimum absolute atomic E-state index is 0.130. The SMILES string of the molecule is Cn1cccc(C(=O)N[C@H](Cc2ccccn2)C2CC(O)C2)c1=O. The standard InChI is InChI=1S/C18H21N3O3/c1-21-8-4-6-15(18(21)24)17(23)20-16(12-9-14(22)10-12)11-13-5-2-3-7-19-13/h2-8,12,14,16,22H,9-11H2,1H3,(H,20,23)/t12?,14?,16-/m1/s1. The second kappa shape index (κ2) is 6.97. The number of carbonyl (C=O) groups excluding carboxylic acids is 1. The smallest absolute Gasteiger partial charge is 0.263 e. The summed E-state index contributed by atoms with van der Waals surface area (Å²) in [5.74, 6) is -0.183. The zero-order valence-electron chi connectivity index (χ0n) is 13.6. The van der Waals surface area contributed by atoms with E-state index < -0.39 is 0 Å². The van der Waals surface area contributed by atoms with Crippen LogP contribution in [0.25, 0.3) is 0 Å². The Morgan fingerprint density at radius 3 is 2.83 bits per heavy atom. The molecule has 0 aromatic carbocycles. The van der Waals surface area contributed by atoms with Gasteiger partial charge in [-0.15, -0.1) is 0 Å². The summed E-state index contributed by atoms with van der Waals surface area (Å²) in [5, 5.41) is 12.6. The topological polar surface area (TPSA) is 84.2 Å². The molecule has 1 amide bonds. The summed E-state index contributed by atoms with van der Waals surface area (Å²) >= 11 is 0. The molecule has 2 aromatic heterocycles. The normalized spacial score (nSPS) is 20.9. The quantitative estimate of drug-likeness (QED) is 0.854. The summed E-state index contributed by atoms with van der Waals surface area (Å²) in [6.07, 6.45) is 4.93. The molecular weight excluding hydrogens is 306 g/mol. The monoisotopic (exact) mass is 327 g/mol. The molecule has 1 atom stereocenters. The first-order valence-electron chi connectivity index (χ1n) is 8.09. The third kappa shape index (κ3) is 3.54. The van der Waals surface area contributed by atoms with Gasteiger partial charge >= 0.3 is 0 Å². The van der Waals surface area contributed by atoms with Crippen LogP contribution in [-0.2, 0) is 13.5 Å². The number of aryl methyl sites for hydroxylation is 1. The molecule has 0 aliphatic heterocycles. The molecule has 0 unspecified atom stereocenters. The largest absolute Gasteiger partial charge is 0.393 e. The third-order valence-corrected chi connectivity index (χ3v) is 4.56. The number of amides is 1. The Balaban J connectivity index is 1.77. The first-order valence-corrected chi connectivity index (χ1v) is 8.09. The van der Waals surface area contributed by atoms with Crippen LogP contribution in [-0.4, -0.2) is 32.7 Å². The summed E-state index contributed by atoms with van der Waals surface area (Å²) in [7, 11) is 1.62. The highest BCUT2D eigenvalue weighted by atomic mass is 16.3. The maximum absolute atomic E-state index is 12.5. The van der Waals surface area contributed by atoms with E-state index in [-0.39, 0.29) is 35.1 Å². The zero-order chi connectivity index (χ0) is 17.1. The fourth-order valence-corrected chi connectivity index (χ4v) is 3.05. The third-order valence-electron chi connectivity index (χ3n) is 4.56. The molecule has 1 aliphatic rings. The van der Waals surface area contributed by atoms with Crippen molar-refractivity contribution in [2.24, 2.45) is 13.0 Å². The fourth-order valence-electron chi connectivity index (χ4n) is 3.05. The Morgan fingerprint density at radius 1 is 1.38 bits per heavy atom. The Kier molecular flexibility index (Phi) is 4.76. The van der Waals surface area contributed by atoms with Gasteiger partial charge in [0.15, 0.2) is 0 Å². The highest BCUT2D eigenvalue weighted by Crippen LogP contribution is 2.31. The average Bonchev–Trinajstić information content (AvgIpc) is 2.55. The van der Waals surface area contributed by atoms with E-state index in [9.17, 15) is 14.7 Å². The van der Waals surface area contributed by atoms with Crippen LogP contribution in [0.15, 0.2) is 47.5 Å². The highest BCUT2D eigenvalue weighted by molar-refractivity contribution is 5.94. The lowest BCUT2D eigenvalue weighted by molar-refractivity contribution is 0.0237. The lowest BCUT2D eigenvalue weighted by atomic mass is 9.76. The van der Waals surface area contributed by atoms with Crippen LogP contribution in [0.3, 0.4) is 0 Å². The fraction of sp³-hybridized carbons (Fsp3) is 0.389. The van der Waals surface area contributed by atoms with Gasteiger partial charge < -0.3 is 15.0 Å². The van der Waals surface area contributed by atoms with Gasteiger partial charge in [-0.25, -0.2) is 0 Å². The number of aliphatic hydroxyl groups excluding tert-OH is 1. The minimum atomic E-state index is -0.376. The summed E-state index contributed by atoms with van der Waals surface area (Å²) in [6.45, 7) is 0. The molecule has 126 valence electrons. The average molecular weight is 327 g/mol. The van der Waals surface area contributed by atoms with Crippen LogP contribution >= 0.6 is 0 Å². The summed E-state index contributed by atoms with van der Waals surface area (Å²) < 4.78 is 1.38. The van der Waals surface area contributed by atoms with Crippen LogP contribution in [0.4, 0.5) is 0 Å². The zero-order valence-corrected chi connectivity index (χ0v) is 13.6. The second-order valence-electron chi connectivity index (χ2n) is 6.33. The van der Waals surface area contributed by atoms with Crippen LogP contribution in [0, 0.1) is 5.92 Å². The van der Waals surface area contributed by atoms with E-state index in [2.05, 4.69) is 10.3 Å². The van der Waals surface area contributed by atoms with Crippen molar-refractivity contribution in [3.05, 3.63) is 64.3 Å². The Labute approximate surface area is 140 Å². The molecule has 0 spiro atoms. The van der Waals surface area contributed by atoms with Crippen molar-refractivity contribution in [3.63, 3.8) is 0 Å². The molecule has 2 N–H and O–H groups in total. The number of hydrogen-bond acceptors (Lipinski definition) is 4. The number of rotatable bonds is 5. The minimum Gasteiger partial charge on any atom is -0.393 e. The lowest BCUT2D eigenvalue weighted by Crippen LogP contribution is -2.49. The number of aromatic nitrogens is 2. The summed E-state index contributed by atoms with van der Waals surface area (Å²) in [5.41, 5.74) is 0.691. The highest BCUT2D eigenvalue weighted by Gasteiger charge is 2.35. The molecule has 1 fully saturated rings. The van der Waals surface area contributed by atoms with Crippen molar-refractivity contribution in [1.82, 2.24) is 14.9 Å². The Bertz CT molecular complexity index is 767. The molecule has 6 nitrogen and oxygen atoms in total. The van der Waals surface area contributed by atoms with Crippen LogP contribution in [0.2, 0.25) is 0 Å². The Hall–Kier alpha value is -2.47. The number of pyridine rings is 2. The molecule has 2 aromatic rings. The van der Waals surface area contributed by atoms with Crippen LogP contribution in [0.5, 0.6) is 0 Å². The van der Waals surface area contributed by atoms with E-state index in [1.54, 1.807) is 25.5 Å². The van der Waals surface area contributed by atoms with Gasteiger partial charge in [0.1, 0.15) is 5.56 Å². The first-order chi connectivity index (χ1) is 11.5. The maximum atomic E-state index is 12.5. The molecule has 1 aliphatic carbocycles. The van der Waals surface area contributed by atoms with Gasteiger partial charge in [-0.2, -0.15) is 0 Å². The van der Waals surface area contributed by atoms with E-state index in [1.165, 1.54) is 10.6 Å². The van der Waals surface area contributed by atoms with Gasteiger partial charge in [0.2, 0.25) is 0 Å². The van der Waals surface area contributed by atoms with Gasteiger partial charge in [-0.3, -0.25) is 14.6 Å². The van der Waals surface area contributed by atoms with Gasteiger partial charge in [0.05, 0.1) is 6.10 Å².